The monoisotopic (exact) mass is 350 g/mol. The van der Waals surface area contributed by atoms with Crippen molar-refractivity contribution < 1.29 is 14.1 Å². The summed E-state index contributed by atoms with van der Waals surface area (Å²) < 4.78 is 10.4. The van der Waals surface area contributed by atoms with Gasteiger partial charge in [-0.25, -0.2) is 0 Å². The first-order valence-corrected chi connectivity index (χ1v) is 9.10. The molecule has 2 rings (SSSR count). The van der Waals surface area contributed by atoms with Crippen molar-refractivity contribution >= 4 is 11.9 Å². The molecule has 0 saturated carbocycles. The number of ether oxygens (including phenoxy) is 1. The smallest absolute Gasteiger partial charge is 0.310 e. The largest absolute Gasteiger partial charge is 0.466 e. The number of aromatic nitrogens is 1. The fraction of sp³-hybridized carbons (Fsp3) is 0.722. The summed E-state index contributed by atoms with van der Waals surface area (Å²) in [4.78, 5) is 18.5. The Hall–Kier alpha value is -2.05. The molecule has 0 amide bonds. The molecule has 7 heteroatoms. The normalized spacial score (nSPS) is 18.3. The van der Waals surface area contributed by atoms with Gasteiger partial charge in [-0.3, -0.25) is 9.79 Å². The highest BCUT2D eigenvalue weighted by Gasteiger charge is 2.28. The number of nitrogens with zero attached hydrogens (tertiary/aromatic N) is 3. The van der Waals surface area contributed by atoms with E-state index in [1.165, 1.54) is 5.56 Å². The second kappa shape index (κ2) is 9.44. The number of likely N-dealkylation sites (tertiary alicyclic amines) is 1. The summed E-state index contributed by atoms with van der Waals surface area (Å²) in [6.07, 6.45) is 3.76. The number of carbonyl (C=O) groups excluding carboxylic acids is 1. The first-order chi connectivity index (χ1) is 12.1. The van der Waals surface area contributed by atoms with E-state index in [2.05, 4.69) is 20.4 Å². The zero-order chi connectivity index (χ0) is 18.2. The molecule has 1 aliphatic heterocycles. The maximum Gasteiger partial charge on any atom is 0.310 e. The van der Waals surface area contributed by atoms with Gasteiger partial charge in [-0.2, -0.15) is 0 Å². The summed E-state index contributed by atoms with van der Waals surface area (Å²) in [6, 6.07) is 0. The molecule has 7 nitrogen and oxygen atoms in total. The van der Waals surface area contributed by atoms with Crippen LogP contribution in [0, 0.1) is 19.8 Å². The summed E-state index contributed by atoms with van der Waals surface area (Å²) >= 11 is 0. The zero-order valence-corrected chi connectivity index (χ0v) is 15.8. The third kappa shape index (κ3) is 5.21. The SMILES string of the molecule is CCOC(=O)[C@H]1CCCN(C(=NC)NCCCc2c(C)noc2C)C1. The lowest BCUT2D eigenvalue weighted by molar-refractivity contribution is -0.149. The Morgan fingerprint density at radius 1 is 1.48 bits per heavy atom. The minimum atomic E-state index is -0.0962. The number of esters is 1. The summed E-state index contributed by atoms with van der Waals surface area (Å²) in [6.45, 7) is 8.60. The summed E-state index contributed by atoms with van der Waals surface area (Å²) in [7, 11) is 1.78. The van der Waals surface area contributed by atoms with Crippen molar-refractivity contribution in [2.24, 2.45) is 10.9 Å². The first-order valence-electron chi connectivity index (χ1n) is 9.10. The molecule has 0 radical (unpaired) electrons. The molecule has 2 heterocycles. The van der Waals surface area contributed by atoms with Crippen LogP contribution in [0.5, 0.6) is 0 Å². The number of nitrogens with one attached hydrogen (secondary N) is 1. The van der Waals surface area contributed by atoms with Crippen molar-refractivity contribution in [2.45, 2.75) is 46.5 Å². The van der Waals surface area contributed by atoms with Gasteiger partial charge in [0.15, 0.2) is 5.96 Å². The average Bonchev–Trinajstić information content (AvgIpc) is 2.94. The lowest BCUT2D eigenvalue weighted by atomic mass is 9.98. The maximum absolute atomic E-state index is 12.0. The van der Waals surface area contributed by atoms with Crippen LogP contribution in [0.2, 0.25) is 0 Å². The van der Waals surface area contributed by atoms with Crippen LogP contribution in [-0.2, 0) is 16.0 Å². The van der Waals surface area contributed by atoms with Crippen LogP contribution < -0.4 is 5.32 Å². The molecule has 1 aliphatic rings. The summed E-state index contributed by atoms with van der Waals surface area (Å²) in [5.41, 5.74) is 2.16. The Morgan fingerprint density at radius 3 is 2.92 bits per heavy atom. The van der Waals surface area contributed by atoms with Gasteiger partial charge >= 0.3 is 5.97 Å². The number of hydrogen-bond donors (Lipinski definition) is 1. The number of carbonyl (C=O) groups is 1. The molecular formula is C18H30N4O3. The van der Waals surface area contributed by atoms with Crippen molar-refractivity contribution in [3.8, 4) is 0 Å². The second-order valence-electron chi connectivity index (χ2n) is 6.42. The highest BCUT2D eigenvalue weighted by atomic mass is 16.5. The van der Waals surface area contributed by atoms with Crippen molar-refractivity contribution in [3.05, 3.63) is 17.0 Å². The fourth-order valence-electron chi connectivity index (χ4n) is 3.28. The van der Waals surface area contributed by atoms with Gasteiger partial charge in [-0.15, -0.1) is 0 Å². The van der Waals surface area contributed by atoms with Crippen molar-refractivity contribution in [2.75, 3.05) is 33.3 Å². The summed E-state index contributed by atoms with van der Waals surface area (Å²) in [5.74, 6) is 1.60. The van der Waals surface area contributed by atoms with Crippen LogP contribution in [0.4, 0.5) is 0 Å². The van der Waals surface area contributed by atoms with Crippen molar-refractivity contribution in [3.63, 3.8) is 0 Å². The minimum Gasteiger partial charge on any atom is -0.466 e. The van der Waals surface area contributed by atoms with Gasteiger partial charge in [-0.1, -0.05) is 5.16 Å². The zero-order valence-electron chi connectivity index (χ0n) is 15.8. The molecule has 1 aromatic rings. The third-order valence-electron chi connectivity index (χ3n) is 4.62. The van der Waals surface area contributed by atoms with Gasteiger partial charge in [-0.05, 0) is 46.5 Å². The van der Waals surface area contributed by atoms with Gasteiger partial charge in [0.05, 0.1) is 18.2 Å². The number of guanidine groups is 1. The Labute approximate surface area is 149 Å². The van der Waals surface area contributed by atoms with Gasteiger partial charge in [0, 0.05) is 32.2 Å². The van der Waals surface area contributed by atoms with Crippen molar-refractivity contribution in [1.29, 1.82) is 0 Å². The molecule has 1 saturated heterocycles. The van der Waals surface area contributed by atoms with E-state index in [9.17, 15) is 4.79 Å². The number of hydrogen-bond acceptors (Lipinski definition) is 5. The number of aliphatic imine (C=N–C) groups is 1. The fourth-order valence-corrected chi connectivity index (χ4v) is 3.28. The Bertz CT molecular complexity index is 578. The Morgan fingerprint density at radius 2 is 2.28 bits per heavy atom. The molecule has 1 aromatic heterocycles. The average molecular weight is 350 g/mol. The lowest BCUT2D eigenvalue weighted by Crippen LogP contribution is -2.48. The molecular weight excluding hydrogens is 320 g/mol. The van der Waals surface area contributed by atoms with Gasteiger partial charge in [0.2, 0.25) is 0 Å². The molecule has 0 aliphatic carbocycles. The molecule has 0 aromatic carbocycles. The van der Waals surface area contributed by atoms with Crippen LogP contribution in [0.15, 0.2) is 9.52 Å². The molecule has 25 heavy (non-hydrogen) atoms. The maximum atomic E-state index is 12.0. The van der Waals surface area contributed by atoms with E-state index in [4.69, 9.17) is 9.26 Å². The third-order valence-corrected chi connectivity index (χ3v) is 4.62. The Balaban J connectivity index is 1.80. The Kier molecular flexibility index (Phi) is 7.28. The highest BCUT2D eigenvalue weighted by molar-refractivity contribution is 5.81. The molecule has 1 atom stereocenters. The topological polar surface area (TPSA) is 80.0 Å². The predicted molar refractivity (Wildman–Crippen MR) is 96.6 cm³/mol. The van der Waals surface area contributed by atoms with Gasteiger partial charge in [0.25, 0.3) is 0 Å². The van der Waals surface area contributed by atoms with Crippen LogP contribution in [0.25, 0.3) is 0 Å². The highest BCUT2D eigenvalue weighted by Crippen LogP contribution is 2.18. The molecule has 140 valence electrons. The second-order valence-corrected chi connectivity index (χ2v) is 6.42. The number of piperidine rings is 1. The summed E-state index contributed by atoms with van der Waals surface area (Å²) in [5, 5.41) is 7.39. The van der Waals surface area contributed by atoms with Crippen molar-refractivity contribution in [1.82, 2.24) is 15.4 Å². The predicted octanol–water partition coefficient (Wildman–Crippen LogP) is 2.07. The van der Waals surface area contributed by atoms with E-state index in [-0.39, 0.29) is 11.9 Å². The molecule has 1 N–H and O–H groups in total. The minimum absolute atomic E-state index is 0.0606. The first kappa shape index (κ1) is 19.3. The van der Waals surface area contributed by atoms with E-state index in [1.54, 1.807) is 7.05 Å². The van der Waals surface area contributed by atoms with E-state index in [0.717, 1.165) is 56.2 Å². The van der Waals surface area contributed by atoms with Crippen LogP contribution >= 0.6 is 0 Å². The van der Waals surface area contributed by atoms with Crippen LogP contribution in [-0.4, -0.2) is 55.3 Å². The van der Waals surface area contributed by atoms with E-state index < -0.39 is 0 Å². The molecule has 0 spiro atoms. The lowest BCUT2D eigenvalue weighted by Gasteiger charge is -2.33. The van der Waals surface area contributed by atoms with E-state index in [1.807, 2.05) is 20.8 Å². The van der Waals surface area contributed by atoms with E-state index >= 15 is 0 Å². The molecule has 0 unspecified atom stereocenters. The van der Waals surface area contributed by atoms with Crippen LogP contribution in [0.1, 0.15) is 43.2 Å². The molecule has 0 bridgehead atoms. The van der Waals surface area contributed by atoms with E-state index in [0.29, 0.717) is 13.2 Å². The number of rotatable bonds is 6. The van der Waals surface area contributed by atoms with Gasteiger partial charge in [0.1, 0.15) is 5.76 Å². The van der Waals surface area contributed by atoms with Crippen LogP contribution in [0.3, 0.4) is 0 Å². The number of aryl methyl sites for hydroxylation is 2. The molecule has 1 fully saturated rings. The standard InChI is InChI=1S/C18H30N4O3/c1-5-24-17(23)15-8-7-11-22(12-15)18(19-4)20-10-6-9-16-13(2)21-25-14(16)3/h15H,5-12H2,1-4H3,(H,19,20)/t15-/m0/s1. The van der Waals surface area contributed by atoms with Gasteiger partial charge < -0.3 is 19.5 Å². The quantitative estimate of drug-likeness (QED) is 0.366.